The molecule has 2 saturated heterocycles. The molecule has 2 aliphatic rings. The van der Waals surface area contributed by atoms with E-state index in [2.05, 4.69) is 14.6 Å². The van der Waals surface area contributed by atoms with E-state index >= 15 is 0 Å². The molecule has 3 heterocycles. The highest BCUT2D eigenvalue weighted by Crippen LogP contribution is 2.21. The fourth-order valence-corrected chi connectivity index (χ4v) is 4.46. The van der Waals surface area contributed by atoms with Gasteiger partial charge in [-0.1, -0.05) is 0 Å². The maximum Gasteiger partial charge on any atom is 0.302 e. The Morgan fingerprint density at radius 3 is 2.39 bits per heavy atom. The largest absolute Gasteiger partial charge is 0.373 e. The van der Waals surface area contributed by atoms with Crippen LogP contribution in [0.15, 0.2) is 18.3 Å². The van der Waals surface area contributed by atoms with Crippen LogP contribution < -0.4 is 9.62 Å². The molecule has 128 valence electrons. The van der Waals surface area contributed by atoms with Crippen LogP contribution in [-0.4, -0.2) is 56.1 Å². The molecule has 7 nitrogen and oxygen atoms in total. The van der Waals surface area contributed by atoms with Crippen LogP contribution in [0.4, 0.5) is 11.5 Å². The normalized spacial score (nSPS) is 26.4. The quantitative estimate of drug-likeness (QED) is 0.898. The van der Waals surface area contributed by atoms with E-state index in [1.165, 1.54) is 17.1 Å². The third kappa shape index (κ3) is 3.94. The van der Waals surface area contributed by atoms with Crippen molar-refractivity contribution in [1.29, 1.82) is 0 Å². The summed E-state index contributed by atoms with van der Waals surface area (Å²) in [6, 6.07) is 3.64. The number of ether oxygens (including phenoxy) is 1. The summed E-state index contributed by atoms with van der Waals surface area (Å²) in [6.07, 6.45) is 3.90. The van der Waals surface area contributed by atoms with Gasteiger partial charge in [0, 0.05) is 26.2 Å². The first-order valence-corrected chi connectivity index (χ1v) is 9.52. The van der Waals surface area contributed by atoms with Crippen molar-refractivity contribution in [3.8, 4) is 0 Å². The van der Waals surface area contributed by atoms with Crippen LogP contribution in [0.5, 0.6) is 0 Å². The number of nitrogens with zero attached hydrogens (tertiary/aromatic N) is 3. The zero-order valence-electron chi connectivity index (χ0n) is 13.6. The zero-order valence-corrected chi connectivity index (χ0v) is 14.4. The summed E-state index contributed by atoms with van der Waals surface area (Å²) in [7, 11) is -3.61. The van der Waals surface area contributed by atoms with E-state index in [4.69, 9.17) is 4.74 Å². The summed E-state index contributed by atoms with van der Waals surface area (Å²) in [5, 5.41) is 0. The molecule has 0 aliphatic carbocycles. The standard InChI is InChI=1S/C15H24N4O3S/c1-12-10-19(11-13(2)22-12)23(20,21)17-15-6-5-14(9-16-15)18-7-3-4-8-18/h5-6,9,12-13H,3-4,7-8,10-11H2,1-2H3,(H,16,17). The highest BCUT2D eigenvalue weighted by Gasteiger charge is 2.31. The lowest BCUT2D eigenvalue weighted by atomic mass is 10.3. The number of anilines is 2. The molecule has 0 saturated carbocycles. The van der Waals surface area contributed by atoms with Crippen molar-refractivity contribution in [2.45, 2.75) is 38.9 Å². The van der Waals surface area contributed by atoms with Gasteiger partial charge in [-0.05, 0) is 38.8 Å². The smallest absolute Gasteiger partial charge is 0.302 e. The average molecular weight is 340 g/mol. The van der Waals surface area contributed by atoms with Gasteiger partial charge >= 0.3 is 10.2 Å². The van der Waals surface area contributed by atoms with Crippen molar-refractivity contribution in [3.05, 3.63) is 18.3 Å². The highest BCUT2D eigenvalue weighted by atomic mass is 32.2. The van der Waals surface area contributed by atoms with Gasteiger partial charge in [0.2, 0.25) is 0 Å². The van der Waals surface area contributed by atoms with Gasteiger partial charge in [-0.25, -0.2) is 4.98 Å². The molecule has 2 atom stereocenters. The van der Waals surface area contributed by atoms with Gasteiger partial charge in [0.05, 0.1) is 24.1 Å². The second kappa shape index (κ2) is 6.62. The van der Waals surface area contributed by atoms with Crippen molar-refractivity contribution in [2.75, 3.05) is 35.8 Å². The lowest BCUT2D eigenvalue weighted by molar-refractivity contribution is -0.0439. The van der Waals surface area contributed by atoms with E-state index in [0.29, 0.717) is 18.9 Å². The van der Waals surface area contributed by atoms with E-state index < -0.39 is 10.2 Å². The van der Waals surface area contributed by atoms with Gasteiger partial charge in [-0.2, -0.15) is 12.7 Å². The van der Waals surface area contributed by atoms with Crippen molar-refractivity contribution < 1.29 is 13.2 Å². The van der Waals surface area contributed by atoms with Crippen LogP contribution >= 0.6 is 0 Å². The molecule has 23 heavy (non-hydrogen) atoms. The summed E-state index contributed by atoms with van der Waals surface area (Å²) in [6.45, 7) is 6.53. The summed E-state index contributed by atoms with van der Waals surface area (Å²) in [4.78, 5) is 6.51. The fourth-order valence-electron chi connectivity index (χ4n) is 3.13. The second-order valence-electron chi connectivity index (χ2n) is 6.28. The van der Waals surface area contributed by atoms with Crippen LogP contribution in [0.3, 0.4) is 0 Å². The molecule has 0 amide bonds. The molecule has 0 spiro atoms. The Bertz CT molecular complexity index is 619. The number of nitrogens with one attached hydrogen (secondary N) is 1. The molecule has 0 bridgehead atoms. The van der Waals surface area contributed by atoms with Gasteiger partial charge < -0.3 is 9.64 Å². The first-order valence-electron chi connectivity index (χ1n) is 8.08. The van der Waals surface area contributed by atoms with Crippen LogP contribution in [0.2, 0.25) is 0 Å². The summed E-state index contributed by atoms with van der Waals surface area (Å²) in [5.74, 6) is 0.347. The molecule has 3 rings (SSSR count). The zero-order chi connectivity index (χ0) is 16.4. The number of pyridine rings is 1. The maximum atomic E-state index is 12.5. The van der Waals surface area contributed by atoms with E-state index in [1.54, 1.807) is 12.3 Å². The molecule has 0 aromatic carbocycles. The lowest BCUT2D eigenvalue weighted by Gasteiger charge is -2.34. The predicted molar refractivity (Wildman–Crippen MR) is 89.8 cm³/mol. The van der Waals surface area contributed by atoms with Crippen LogP contribution in [0.1, 0.15) is 26.7 Å². The Morgan fingerprint density at radius 2 is 1.83 bits per heavy atom. The van der Waals surface area contributed by atoms with E-state index in [1.807, 2.05) is 19.9 Å². The Hall–Kier alpha value is -1.38. The summed E-state index contributed by atoms with van der Waals surface area (Å²) < 4.78 is 34.6. The second-order valence-corrected chi connectivity index (χ2v) is 7.95. The monoisotopic (exact) mass is 340 g/mol. The highest BCUT2D eigenvalue weighted by molar-refractivity contribution is 7.90. The molecule has 2 unspecified atom stereocenters. The molecular formula is C15H24N4O3S. The first-order chi connectivity index (χ1) is 10.9. The average Bonchev–Trinajstić information content (AvgIpc) is 3.01. The van der Waals surface area contributed by atoms with Crippen molar-refractivity contribution in [2.24, 2.45) is 0 Å². The van der Waals surface area contributed by atoms with Gasteiger partial charge in [-0.3, -0.25) is 4.72 Å². The van der Waals surface area contributed by atoms with Crippen molar-refractivity contribution in [3.63, 3.8) is 0 Å². The van der Waals surface area contributed by atoms with Crippen LogP contribution in [0, 0.1) is 0 Å². The summed E-state index contributed by atoms with van der Waals surface area (Å²) >= 11 is 0. The molecule has 1 aromatic heterocycles. The Morgan fingerprint density at radius 1 is 1.17 bits per heavy atom. The van der Waals surface area contributed by atoms with Gasteiger partial charge in [-0.15, -0.1) is 0 Å². The van der Waals surface area contributed by atoms with Crippen molar-refractivity contribution >= 4 is 21.7 Å². The van der Waals surface area contributed by atoms with Crippen molar-refractivity contribution in [1.82, 2.24) is 9.29 Å². The van der Waals surface area contributed by atoms with Crippen LogP contribution in [0.25, 0.3) is 0 Å². The van der Waals surface area contributed by atoms with Gasteiger partial charge in [0.1, 0.15) is 5.82 Å². The van der Waals surface area contributed by atoms with Gasteiger partial charge in [0.25, 0.3) is 0 Å². The Kier molecular flexibility index (Phi) is 4.74. The molecular weight excluding hydrogens is 316 g/mol. The predicted octanol–water partition coefficient (Wildman–Crippen LogP) is 1.45. The number of rotatable bonds is 4. The number of hydrogen-bond acceptors (Lipinski definition) is 5. The number of morpholine rings is 1. The SMILES string of the molecule is CC1CN(S(=O)(=O)Nc2ccc(N3CCCC3)cn2)CC(C)O1. The minimum absolute atomic E-state index is 0.110. The van der Waals surface area contributed by atoms with E-state index in [9.17, 15) is 8.42 Å². The maximum absolute atomic E-state index is 12.5. The van der Waals surface area contributed by atoms with Gasteiger partial charge in [0.15, 0.2) is 0 Å². The number of aromatic nitrogens is 1. The third-order valence-electron chi connectivity index (χ3n) is 4.18. The molecule has 8 heteroatoms. The number of hydrogen-bond donors (Lipinski definition) is 1. The molecule has 0 radical (unpaired) electrons. The Labute approximate surface area is 137 Å². The summed E-state index contributed by atoms with van der Waals surface area (Å²) in [5.41, 5.74) is 1.04. The molecule has 1 N–H and O–H groups in total. The first kappa shape index (κ1) is 16.5. The van der Waals surface area contributed by atoms with E-state index in [-0.39, 0.29) is 12.2 Å². The molecule has 2 aliphatic heterocycles. The molecule has 1 aromatic rings. The minimum Gasteiger partial charge on any atom is -0.373 e. The van der Waals surface area contributed by atoms with E-state index in [0.717, 1.165) is 18.8 Å². The molecule has 2 fully saturated rings. The fraction of sp³-hybridized carbons (Fsp3) is 0.667. The third-order valence-corrected chi connectivity index (χ3v) is 5.62. The lowest BCUT2D eigenvalue weighted by Crippen LogP contribution is -2.50. The van der Waals surface area contributed by atoms with Crippen LogP contribution in [-0.2, 0) is 14.9 Å². The Balaban J connectivity index is 1.67. The minimum atomic E-state index is -3.61. The topological polar surface area (TPSA) is 74.8 Å².